The number of rotatable bonds is 5. The first-order valence-corrected chi connectivity index (χ1v) is 9.56. The van der Waals surface area contributed by atoms with E-state index in [0.717, 1.165) is 0 Å². The molecular weight excluding hydrogens is 405 g/mol. The number of alkyl carbamates (subject to hydrolysis) is 1. The quantitative estimate of drug-likeness (QED) is 0.773. The summed E-state index contributed by atoms with van der Waals surface area (Å²) >= 11 is 0. The van der Waals surface area contributed by atoms with Gasteiger partial charge in [-0.05, 0) is 45.4 Å². The summed E-state index contributed by atoms with van der Waals surface area (Å²) in [7, 11) is 0. The minimum Gasteiger partial charge on any atom is -0.444 e. The van der Waals surface area contributed by atoms with Crippen LogP contribution < -0.4 is 10.1 Å². The minimum atomic E-state index is -4.76. The second kappa shape index (κ2) is 9.55. The average molecular weight is 432 g/mol. The summed E-state index contributed by atoms with van der Waals surface area (Å²) < 4.78 is 51.4. The fourth-order valence-electron chi connectivity index (χ4n) is 2.89. The predicted octanol–water partition coefficient (Wildman–Crippen LogP) is 3.27. The van der Waals surface area contributed by atoms with Crippen molar-refractivity contribution in [1.82, 2.24) is 10.2 Å². The molecule has 1 saturated heterocycles. The smallest absolute Gasteiger partial charge is 0.444 e. The van der Waals surface area contributed by atoms with Crippen molar-refractivity contribution >= 4 is 12.0 Å². The van der Waals surface area contributed by atoms with E-state index in [1.807, 2.05) is 0 Å². The number of halogens is 3. The highest BCUT2D eigenvalue weighted by Crippen LogP contribution is 2.23. The molecule has 0 saturated carbocycles. The Hall–Kier alpha value is -2.49. The molecule has 1 fully saturated rings. The lowest BCUT2D eigenvalue weighted by atomic mass is 10.1. The first-order chi connectivity index (χ1) is 13.8. The molecule has 2 amide bonds. The standard InChI is InChI=1S/C20H27F3N2O5/c1-13(24-18(27)30-19(2,3)4)16-12-25(9-10-28-16)17(26)11-14-5-7-15(8-6-14)29-20(21,22)23/h5-8,13,16H,9-12H2,1-4H3,(H,24,27)/t13-,16-/m1/s1. The van der Waals surface area contributed by atoms with Crippen molar-refractivity contribution in [2.75, 3.05) is 19.7 Å². The Kier molecular flexibility index (Phi) is 7.57. The van der Waals surface area contributed by atoms with Crippen molar-refractivity contribution in [2.24, 2.45) is 0 Å². The largest absolute Gasteiger partial charge is 0.573 e. The molecule has 0 aromatic heterocycles. The number of hydrogen-bond donors (Lipinski definition) is 1. The van der Waals surface area contributed by atoms with Crippen molar-refractivity contribution in [3.63, 3.8) is 0 Å². The Morgan fingerprint density at radius 3 is 2.43 bits per heavy atom. The minimum absolute atomic E-state index is 0.0346. The van der Waals surface area contributed by atoms with E-state index in [1.54, 1.807) is 32.6 Å². The molecule has 168 valence electrons. The van der Waals surface area contributed by atoms with Crippen LogP contribution in [0.4, 0.5) is 18.0 Å². The van der Waals surface area contributed by atoms with Gasteiger partial charge in [-0.3, -0.25) is 4.79 Å². The fraction of sp³-hybridized carbons (Fsp3) is 0.600. The Morgan fingerprint density at radius 2 is 1.87 bits per heavy atom. The van der Waals surface area contributed by atoms with Gasteiger partial charge in [0, 0.05) is 13.1 Å². The van der Waals surface area contributed by atoms with E-state index in [2.05, 4.69) is 10.1 Å². The number of ether oxygens (including phenoxy) is 3. The molecule has 2 rings (SSSR count). The highest BCUT2D eigenvalue weighted by atomic mass is 19.4. The van der Waals surface area contributed by atoms with Gasteiger partial charge in [-0.15, -0.1) is 13.2 Å². The van der Waals surface area contributed by atoms with E-state index in [4.69, 9.17) is 9.47 Å². The Bertz CT molecular complexity index is 731. The van der Waals surface area contributed by atoms with E-state index in [9.17, 15) is 22.8 Å². The fourth-order valence-corrected chi connectivity index (χ4v) is 2.89. The summed E-state index contributed by atoms with van der Waals surface area (Å²) in [4.78, 5) is 26.2. The number of hydrogen-bond acceptors (Lipinski definition) is 5. The maximum absolute atomic E-state index is 12.6. The molecule has 0 bridgehead atoms. The molecule has 1 aromatic carbocycles. The van der Waals surface area contributed by atoms with E-state index in [0.29, 0.717) is 18.7 Å². The van der Waals surface area contributed by atoms with Gasteiger partial charge in [-0.25, -0.2) is 4.79 Å². The lowest BCUT2D eigenvalue weighted by Crippen LogP contribution is -2.54. The summed E-state index contributed by atoms with van der Waals surface area (Å²) in [5.74, 6) is -0.524. The van der Waals surface area contributed by atoms with Gasteiger partial charge in [0.2, 0.25) is 5.91 Å². The number of benzene rings is 1. The predicted molar refractivity (Wildman–Crippen MR) is 102 cm³/mol. The van der Waals surface area contributed by atoms with Crippen LogP contribution in [0.1, 0.15) is 33.3 Å². The number of carbonyl (C=O) groups is 2. The van der Waals surface area contributed by atoms with Crippen LogP contribution in [0.2, 0.25) is 0 Å². The SMILES string of the molecule is C[C@@H](NC(=O)OC(C)(C)C)[C@H]1CN(C(=O)Cc2ccc(OC(F)(F)F)cc2)CCO1. The summed E-state index contributed by atoms with van der Waals surface area (Å²) in [6.07, 6.45) is -5.70. The van der Waals surface area contributed by atoms with Crippen LogP contribution in [-0.4, -0.2) is 60.7 Å². The third-order valence-corrected chi connectivity index (χ3v) is 4.26. The van der Waals surface area contributed by atoms with Crippen LogP contribution in [0, 0.1) is 0 Å². The van der Waals surface area contributed by atoms with Crippen molar-refractivity contribution < 1.29 is 37.0 Å². The van der Waals surface area contributed by atoms with Crippen LogP contribution >= 0.6 is 0 Å². The number of alkyl halides is 3. The molecule has 1 N–H and O–H groups in total. The average Bonchev–Trinajstić information content (AvgIpc) is 2.60. The van der Waals surface area contributed by atoms with Crippen LogP contribution in [-0.2, 0) is 20.7 Å². The summed E-state index contributed by atoms with van der Waals surface area (Å²) in [6.45, 7) is 8.04. The third-order valence-electron chi connectivity index (χ3n) is 4.26. The number of morpholine rings is 1. The van der Waals surface area contributed by atoms with E-state index in [1.165, 1.54) is 24.3 Å². The van der Waals surface area contributed by atoms with Crippen molar-refractivity contribution in [3.05, 3.63) is 29.8 Å². The first-order valence-electron chi connectivity index (χ1n) is 9.56. The van der Waals surface area contributed by atoms with Gasteiger partial charge in [0.15, 0.2) is 0 Å². The van der Waals surface area contributed by atoms with Crippen LogP contribution in [0.5, 0.6) is 5.75 Å². The zero-order valence-electron chi connectivity index (χ0n) is 17.4. The van der Waals surface area contributed by atoms with Gasteiger partial charge in [0.25, 0.3) is 0 Å². The molecule has 10 heteroatoms. The number of amides is 2. The monoisotopic (exact) mass is 432 g/mol. The molecule has 1 aliphatic rings. The second-order valence-corrected chi connectivity index (χ2v) is 8.05. The molecular formula is C20H27F3N2O5. The summed E-state index contributed by atoms with van der Waals surface area (Å²) in [5.41, 5.74) is -0.0580. The topological polar surface area (TPSA) is 77.1 Å². The van der Waals surface area contributed by atoms with Gasteiger partial charge < -0.3 is 24.4 Å². The zero-order chi connectivity index (χ0) is 22.5. The first kappa shape index (κ1) is 23.8. The lowest BCUT2D eigenvalue weighted by molar-refractivity contribution is -0.274. The van der Waals surface area contributed by atoms with Gasteiger partial charge >= 0.3 is 12.5 Å². The molecule has 1 aromatic rings. The van der Waals surface area contributed by atoms with E-state index >= 15 is 0 Å². The lowest BCUT2D eigenvalue weighted by Gasteiger charge is -2.36. The highest BCUT2D eigenvalue weighted by molar-refractivity contribution is 5.79. The number of carbonyl (C=O) groups excluding carboxylic acids is 2. The van der Waals surface area contributed by atoms with Gasteiger partial charge in [0.05, 0.1) is 25.2 Å². The van der Waals surface area contributed by atoms with Crippen molar-refractivity contribution in [2.45, 2.75) is 58.2 Å². The molecule has 7 nitrogen and oxygen atoms in total. The van der Waals surface area contributed by atoms with E-state index in [-0.39, 0.29) is 30.7 Å². The molecule has 1 aliphatic heterocycles. The van der Waals surface area contributed by atoms with Crippen molar-refractivity contribution in [3.8, 4) is 5.75 Å². The van der Waals surface area contributed by atoms with Crippen LogP contribution in [0.3, 0.4) is 0 Å². The molecule has 0 spiro atoms. The van der Waals surface area contributed by atoms with Gasteiger partial charge in [-0.1, -0.05) is 12.1 Å². The maximum atomic E-state index is 12.6. The number of nitrogens with one attached hydrogen (secondary N) is 1. The molecule has 0 aliphatic carbocycles. The molecule has 30 heavy (non-hydrogen) atoms. The second-order valence-electron chi connectivity index (χ2n) is 8.05. The van der Waals surface area contributed by atoms with Gasteiger partial charge in [0.1, 0.15) is 11.4 Å². The Morgan fingerprint density at radius 1 is 1.23 bits per heavy atom. The molecule has 0 unspecified atom stereocenters. The van der Waals surface area contributed by atoms with Crippen LogP contribution in [0.15, 0.2) is 24.3 Å². The molecule has 2 atom stereocenters. The Balaban J connectivity index is 1.88. The molecule has 0 radical (unpaired) electrons. The Labute approximate surface area is 173 Å². The van der Waals surface area contributed by atoms with E-state index < -0.39 is 24.2 Å². The highest BCUT2D eigenvalue weighted by Gasteiger charge is 2.32. The van der Waals surface area contributed by atoms with Crippen molar-refractivity contribution in [1.29, 1.82) is 0 Å². The third kappa shape index (κ3) is 8.10. The number of nitrogens with zero attached hydrogens (tertiary/aromatic N) is 1. The van der Waals surface area contributed by atoms with Gasteiger partial charge in [-0.2, -0.15) is 0 Å². The molecule has 1 heterocycles. The maximum Gasteiger partial charge on any atom is 0.573 e. The summed E-state index contributed by atoms with van der Waals surface area (Å²) in [5, 5.41) is 2.71. The normalized spacial score (nSPS) is 18.5. The summed E-state index contributed by atoms with van der Waals surface area (Å²) in [6, 6.07) is 4.80. The zero-order valence-corrected chi connectivity index (χ0v) is 17.4. The van der Waals surface area contributed by atoms with Crippen LogP contribution in [0.25, 0.3) is 0 Å².